The third-order valence-electron chi connectivity index (χ3n) is 2.59. The van der Waals surface area contributed by atoms with E-state index < -0.39 is 10.9 Å². The van der Waals surface area contributed by atoms with Gasteiger partial charge in [-0.25, -0.2) is 9.78 Å². The highest BCUT2D eigenvalue weighted by molar-refractivity contribution is 9.10. The van der Waals surface area contributed by atoms with Crippen molar-refractivity contribution in [2.45, 2.75) is 6.92 Å². The molecule has 1 N–H and O–H groups in total. The van der Waals surface area contributed by atoms with E-state index in [1.54, 1.807) is 13.0 Å². The Balaban J connectivity index is 2.39. The van der Waals surface area contributed by atoms with E-state index in [0.717, 1.165) is 0 Å². The molecule has 1 aromatic carbocycles. The van der Waals surface area contributed by atoms with Crippen molar-refractivity contribution in [3.05, 3.63) is 56.3 Å². The number of aromatic carboxylic acids is 1. The lowest BCUT2D eigenvalue weighted by Crippen LogP contribution is -2.00. The van der Waals surface area contributed by atoms with E-state index in [1.807, 2.05) is 0 Å². The van der Waals surface area contributed by atoms with E-state index in [1.165, 1.54) is 24.4 Å². The number of nitrogens with zero attached hydrogens (tertiary/aromatic N) is 2. The Morgan fingerprint density at radius 2 is 2.14 bits per heavy atom. The van der Waals surface area contributed by atoms with Crippen molar-refractivity contribution in [1.82, 2.24) is 4.98 Å². The van der Waals surface area contributed by atoms with Crippen LogP contribution >= 0.6 is 15.9 Å². The molecule has 0 aliphatic carbocycles. The maximum Gasteiger partial charge on any atom is 0.354 e. The van der Waals surface area contributed by atoms with Crippen LogP contribution in [0.15, 0.2) is 34.9 Å². The minimum absolute atomic E-state index is 0.0908. The molecule has 0 bridgehead atoms. The Morgan fingerprint density at radius 3 is 2.67 bits per heavy atom. The summed E-state index contributed by atoms with van der Waals surface area (Å²) < 4.78 is 6.04. The molecule has 21 heavy (non-hydrogen) atoms. The zero-order valence-corrected chi connectivity index (χ0v) is 12.3. The molecule has 1 heterocycles. The largest absolute Gasteiger partial charge is 0.477 e. The molecule has 2 rings (SSSR count). The van der Waals surface area contributed by atoms with Gasteiger partial charge < -0.3 is 9.84 Å². The summed E-state index contributed by atoms with van der Waals surface area (Å²) in [7, 11) is 0. The van der Waals surface area contributed by atoms with Gasteiger partial charge in [-0.05, 0) is 30.7 Å². The summed E-state index contributed by atoms with van der Waals surface area (Å²) in [5.41, 5.74) is 0.243. The molecule has 0 saturated heterocycles. The molecule has 2 aromatic rings. The number of aryl methyl sites for hydroxylation is 1. The fraction of sp³-hybridized carbons (Fsp3) is 0.0769. The van der Waals surface area contributed by atoms with Crippen LogP contribution in [0.3, 0.4) is 0 Å². The van der Waals surface area contributed by atoms with Crippen molar-refractivity contribution in [1.29, 1.82) is 0 Å². The summed E-state index contributed by atoms with van der Waals surface area (Å²) in [5, 5.41) is 19.8. The number of carboxylic acid groups (broad SMARTS) is 1. The van der Waals surface area contributed by atoms with Gasteiger partial charge in [-0.2, -0.15) is 0 Å². The zero-order valence-electron chi connectivity index (χ0n) is 10.7. The molecule has 108 valence electrons. The monoisotopic (exact) mass is 352 g/mol. The van der Waals surface area contributed by atoms with Gasteiger partial charge in [0, 0.05) is 10.5 Å². The van der Waals surface area contributed by atoms with Gasteiger partial charge in [-0.15, -0.1) is 0 Å². The molecule has 0 aliphatic heterocycles. The first-order chi connectivity index (χ1) is 9.88. The van der Waals surface area contributed by atoms with Gasteiger partial charge in [0.1, 0.15) is 11.4 Å². The molecule has 1 aromatic heterocycles. The summed E-state index contributed by atoms with van der Waals surface area (Å²) in [5.74, 6) is -0.853. The van der Waals surface area contributed by atoms with Crippen LogP contribution in [0, 0.1) is 17.0 Å². The summed E-state index contributed by atoms with van der Waals surface area (Å²) in [6, 6.07) is 5.67. The number of hydrogen-bond donors (Lipinski definition) is 1. The van der Waals surface area contributed by atoms with Crippen LogP contribution in [0.2, 0.25) is 0 Å². The first-order valence-electron chi connectivity index (χ1n) is 5.70. The third kappa shape index (κ3) is 3.34. The van der Waals surface area contributed by atoms with E-state index in [0.29, 0.717) is 10.0 Å². The molecule has 0 saturated carbocycles. The zero-order chi connectivity index (χ0) is 15.6. The van der Waals surface area contributed by atoms with Gasteiger partial charge in [0.05, 0.1) is 11.1 Å². The number of hydrogen-bond acceptors (Lipinski definition) is 5. The number of carboxylic acids is 1. The number of pyridine rings is 1. The molecule has 0 spiro atoms. The van der Waals surface area contributed by atoms with E-state index in [2.05, 4.69) is 20.9 Å². The van der Waals surface area contributed by atoms with Gasteiger partial charge in [0.25, 0.3) is 0 Å². The summed E-state index contributed by atoms with van der Waals surface area (Å²) in [6.07, 6.45) is 1.20. The molecule has 0 unspecified atom stereocenters. The van der Waals surface area contributed by atoms with E-state index in [9.17, 15) is 14.9 Å². The average Bonchev–Trinajstić information content (AvgIpc) is 2.41. The number of aromatic nitrogens is 1. The molecule has 0 atom stereocenters. The highest BCUT2D eigenvalue weighted by Gasteiger charge is 2.20. The minimum atomic E-state index is -1.16. The lowest BCUT2D eigenvalue weighted by atomic mass is 10.2. The van der Waals surface area contributed by atoms with Gasteiger partial charge in [0.15, 0.2) is 0 Å². The molecule has 7 nitrogen and oxygen atoms in total. The van der Waals surface area contributed by atoms with E-state index >= 15 is 0 Å². The number of nitro groups is 1. The van der Waals surface area contributed by atoms with Crippen LogP contribution in [0.5, 0.6) is 11.5 Å². The van der Waals surface area contributed by atoms with Gasteiger partial charge in [-0.1, -0.05) is 15.9 Å². The molecular formula is C13H9BrN2O5. The van der Waals surface area contributed by atoms with Crippen LogP contribution in [0.1, 0.15) is 16.1 Å². The Labute approximate surface area is 127 Å². The van der Waals surface area contributed by atoms with Crippen molar-refractivity contribution >= 4 is 27.6 Å². The van der Waals surface area contributed by atoms with E-state index in [4.69, 9.17) is 9.84 Å². The lowest BCUT2D eigenvalue weighted by molar-refractivity contribution is -0.385. The summed E-state index contributed by atoms with van der Waals surface area (Å²) in [6.45, 7) is 1.67. The third-order valence-corrected chi connectivity index (χ3v) is 3.05. The van der Waals surface area contributed by atoms with Gasteiger partial charge in [0.2, 0.25) is 5.75 Å². The number of rotatable bonds is 4. The summed E-state index contributed by atoms with van der Waals surface area (Å²) in [4.78, 5) is 24.9. The smallest absolute Gasteiger partial charge is 0.354 e. The van der Waals surface area contributed by atoms with Crippen LogP contribution < -0.4 is 4.74 Å². The standard InChI is InChI=1S/C13H9BrN2O5/c1-7-4-8(14)5-11(16(19)20)12(7)21-9-2-3-10(13(17)18)15-6-9/h2-6H,1H3,(H,17,18). The van der Waals surface area contributed by atoms with Crippen molar-refractivity contribution in [3.8, 4) is 11.5 Å². The number of carbonyl (C=O) groups is 1. The Kier molecular flexibility index (Phi) is 4.18. The van der Waals surface area contributed by atoms with Crippen molar-refractivity contribution in [2.75, 3.05) is 0 Å². The van der Waals surface area contributed by atoms with Crippen LogP contribution in [-0.4, -0.2) is 21.0 Å². The Morgan fingerprint density at radius 1 is 1.43 bits per heavy atom. The van der Waals surface area contributed by atoms with Gasteiger partial charge in [-0.3, -0.25) is 10.1 Å². The minimum Gasteiger partial charge on any atom is -0.477 e. The average molecular weight is 353 g/mol. The van der Waals surface area contributed by atoms with Crippen LogP contribution in [0.25, 0.3) is 0 Å². The van der Waals surface area contributed by atoms with Crippen molar-refractivity contribution in [3.63, 3.8) is 0 Å². The normalized spacial score (nSPS) is 10.2. The number of ether oxygens (including phenoxy) is 1. The molecule has 0 fully saturated rings. The topological polar surface area (TPSA) is 103 Å². The van der Waals surface area contributed by atoms with Gasteiger partial charge >= 0.3 is 11.7 Å². The van der Waals surface area contributed by atoms with Crippen LogP contribution in [0.4, 0.5) is 5.69 Å². The van der Waals surface area contributed by atoms with Crippen molar-refractivity contribution < 1.29 is 19.6 Å². The predicted octanol–water partition coefficient (Wildman–Crippen LogP) is 3.55. The first-order valence-corrected chi connectivity index (χ1v) is 6.49. The molecule has 0 aliphatic rings. The number of halogens is 1. The highest BCUT2D eigenvalue weighted by atomic mass is 79.9. The second-order valence-electron chi connectivity index (χ2n) is 4.11. The number of nitro benzene ring substituents is 1. The van der Waals surface area contributed by atoms with Crippen molar-refractivity contribution in [2.24, 2.45) is 0 Å². The highest BCUT2D eigenvalue weighted by Crippen LogP contribution is 2.36. The molecular weight excluding hydrogens is 344 g/mol. The molecule has 0 radical (unpaired) electrons. The second-order valence-corrected chi connectivity index (χ2v) is 5.03. The Bertz CT molecular complexity index is 715. The maximum atomic E-state index is 11.1. The van der Waals surface area contributed by atoms with E-state index in [-0.39, 0.29) is 22.9 Å². The lowest BCUT2D eigenvalue weighted by Gasteiger charge is -2.09. The molecule has 8 heteroatoms. The number of benzene rings is 1. The first kappa shape index (κ1) is 14.9. The SMILES string of the molecule is Cc1cc(Br)cc([N+](=O)[O-])c1Oc1ccc(C(=O)O)nc1. The molecule has 0 amide bonds. The summed E-state index contributed by atoms with van der Waals surface area (Å²) >= 11 is 3.19. The predicted molar refractivity (Wildman–Crippen MR) is 76.8 cm³/mol. The van der Waals surface area contributed by atoms with Crippen LogP contribution in [-0.2, 0) is 0 Å². The quantitative estimate of drug-likeness (QED) is 0.666. The fourth-order valence-electron chi connectivity index (χ4n) is 1.67. The second kappa shape index (κ2) is 5.88. The maximum absolute atomic E-state index is 11.1. The fourth-order valence-corrected chi connectivity index (χ4v) is 2.23. The Hall–Kier alpha value is -2.48.